The molecule has 0 aliphatic carbocycles. The van der Waals surface area contributed by atoms with Crippen molar-refractivity contribution in [1.29, 1.82) is 0 Å². The van der Waals surface area contributed by atoms with E-state index in [0.29, 0.717) is 19.0 Å². The van der Waals surface area contributed by atoms with E-state index in [9.17, 15) is 4.39 Å². The maximum absolute atomic E-state index is 14.3. The Morgan fingerprint density at radius 1 is 1.15 bits per heavy atom. The van der Waals surface area contributed by atoms with Crippen LogP contribution in [0.1, 0.15) is 18.4 Å². The molecule has 4 rings (SSSR count). The molecule has 2 aliphatic rings. The van der Waals surface area contributed by atoms with Gasteiger partial charge in [0, 0.05) is 50.2 Å². The Morgan fingerprint density at radius 3 is 2.92 bits per heavy atom. The van der Waals surface area contributed by atoms with E-state index in [1.807, 2.05) is 12.3 Å². The lowest BCUT2D eigenvalue weighted by Crippen LogP contribution is -2.50. The summed E-state index contributed by atoms with van der Waals surface area (Å²) in [5.41, 5.74) is 1.24. The number of piperidine rings is 1. The highest BCUT2D eigenvalue weighted by Gasteiger charge is 2.39. The minimum atomic E-state index is -0.257. The van der Waals surface area contributed by atoms with Crippen molar-refractivity contribution in [3.63, 3.8) is 0 Å². The first-order chi connectivity index (χ1) is 12.7. The lowest BCUT2D eigenvalue weighted by atomic mass is 9.80. The molecule has 2 saturated heterocycles. The van der Waals surface area contributed by atoms with E-state index in [2.05, 4.69) is 25.8 Å². The molecule has 2 fully saturated rings. The van der Waals surface area contributed by atoms with E-state index < -0.39 is 0 Å². The van der Waals surface area contributed by atoms with Crippen molar-refractivity contribution < 1.29 is 9.13 Å². The van der Waals surface area contributed by atoms with Crippen molar-refractivity contribution in [2.75, 3.05) is 44.3 Å². The maximum atomic E-state index is 14.3. The topological polar surface area (TPSA) is 41.5 Å². The van der Waals surface area contributed by atoms with Crippen LogP contribution in [-0.2, 0) is 11.3 Å². The van der Waals surface area contributed by atoms with Crippen molar-refractivity contribution >= 4 is 5.82 Å². The molecule has 1 spiro atoms. The molecular formula is C20H25FN4O. The first-order valence-corrected chi connectivity index (χ1v) is 9.29. The standard InChI is InChI=1S/C20H25FN4O/c21-18-5-2-8-23-19(18)25-10-11-26-16-20(15-25)6-3-9-24(14-20)13-17-4-1-7-22-12-17/h1-2,4-5,7-8,12H,3,6,9-11,13-16H2. The van der Waals surface area contributed by atoms with Gasteiger partial charge in [0.2, 0.25) is 0 Å². The molecule has 138 valence electrons. The largest absolute Gasteiger partial charge is 0.379 e. The molecule has 6 heteroatoms. The fourth-order valence-corrected chi connectivity index (χ4v) is 4.23. The van der Waals surface area contributed by atoms with Crippen molar-refractivity contribution in [3.05, 3.63) is 54.2 Å². The number of anilines is 1. The van der Waals surface area contributed by atoms with E-state index in [-0.39, 0.29) is 11.2 Å². The Bertz CT molecular complexity index is 729. The van der Waals surface area contributed by atoms with E-state index in [4.69, 9.17) is 4.74 Å². The third-order valence-corrected chi connectivity index (χ3v) is 5.35. The average Bonchev–Trinajstić information content (AvgIpc) is 2.85. The molecule has 4 heterocycles. The van der Waals surface area contributed by atoms with Crippen molar-refractivity contribution in [3.8, 4) is 0 Å². The summed E-state index contributed by atoms with van der Waals surface area (Å²) >= 11 is 0. The van der Waals surface area contributed by atoms with Gasteiger partial charge in [-0.1, -0.05) is 6.07 Å². The minimum Gasteiger partial charge on any atom is -0.379 e. The summed E-state index contributed by atoms with van der Waals surface area (Å²) in [6, 6.07) is 7.22. The molecule has 2 aliphatic heterocycles. The molecule has 0 radical (unpaired) electrons. The monoisotopic (exact) mass is 356 g/mol. The molecule has 26 heavy (non-hydrogen) atoms. The highest BCUT2D eigenvalue weighted by atomic mass is 19.1. The van der Waals surface area contributed by atoms with Gasteiger partial charge in [0.25, 0.3) is 0 Å². The predicted molar refractivity (Wildman–Crippen MR) is 98.4 cm³/mol. The van der Waals surface area contributed by atoms with Crippen LogP contribution in [0, 0.1) is 11.2 Å². The zero-order chi connectivity index (χ0) is 17.8. The molecule has 0 aromatic carbocycles. The number of halogens is 1. The summed E-state index contributed by atoms with van der Waals surface area (Å²) in [6.07, 6.45) is 7.62. The number of rotatable bonds is 3. The van der Waals surface area contributed by atoms with Crippen LogP contribution in [0.2, 0.25) is 0 Å². The lowest BCUT2D eigenvalue weighted by Gasteiger charge is -2.43. The lowest BCUT2D eigenvalue weighted by molar-refractivity contribution is 0.0106. The summed E-state index contributed by atoms with van der Waals surface area (Å²) in [7, 11) is 0. The van der Waals surface area contributed by atoms with Gasteiger partial charge in [-0.25, -0.2) is 9.37 Å². The average molecular weight is 356 g/mol. The zero-order valence-electron chi connectivity index (χ0n) is 15.0. The Labute approximate surface area is 153 Å². The second kappa shape index (κ2) is 7.68. The van der Waals surface area contributed by atoms with E-state index in [1.54, 1.807) is 18.5 Å². The van der Waals surface area contributed by atoms with Crippen LogP contribution < -0.4 is 4.90 Å². The van der Waals surface area contributed by atoms with Gasteiger partial charge in [-0.15, -0.1) is 0 Å². The highest BCUT2D eigenvalue weighted by molar-refractivity contribution is 5.40. The fourth-order valence-electron chi connectivity index (χ4n) is 4.23. The molecule has 5 nitrogen and oxygen atoms in total. The first-order valence-electron chi connectivity index (χ1n) is 9.29. The maximum Gasteiger partial charge on any atom is 0.165 e. The summed E-state index contributed by atoms with van der Waals surface area (Å²) in [4.78, 5) is 13.0. The summed E-state index contributed by atoms with van der Waals surface area (Å²) in [6.45, 7) is 5.72. The van der Waals surface area contributed by atoms with Crippen LogP contribution in [0.3, 0.4) is 0 Å². The van der Waals surface area contributed by atoms with Crippen LogP contribution in [0.25, 0.3) is 0 Å². The SMILES string of the molecule is Fc1cccnc1N1CCOCC2(CCCN(Cc3cccnc3)C2)C1. The van der Waals surface area contributed by atoms with Gasteiger partial charge in [0.1, 0.15) is 0 Å². The van der Waals surface area contributed by atoms with Gasteiger partial charge in [-0.05, 0) is 43.1 Å². The third-order valence-electron chi connectivity index (χ3n) is 5.35. The van der Waals surface area contributed by atoms with Crippen LogP contribution in [0.15, 0.2) is 42.9 Å². The number of pyridine rings is 2. The van der Waals surface area contributed by atoms with Crippen molar-refractivity contribution in [2.24, 2.45) is 5.41 Å². The first kappa shape index (κ1) is 17.4. The molecule has 1 atom stereocenters. The van der Waals surface area contributed by atoms with Gasteiger partial charge in [-0.2, -0.15) is 0 Å². The van der Waals surface area contributed by atoms with E-state index in [1.165, 1.54) is 11.6 Å². The Kier molecular flexibility index (Phi) is 5.13. The second-order valence-electron chi connectivity index (χ2n) is 7.46. The molecular weight excluding hydrogens is 331 g/mol. The Balaban J connectivity index is 1.51. The Hall–Kier alpha value is -2.05. The number of likely N-dealkylation sites (tertiary alicyclic amines) is 1. The third kappa shape index (κ3) is 3.86. The van der Waals surface area contributed by atoms with Gasteiger partial charge >= 0.3 is 0 Å². The molecule has 2 aromatic heterocycles. The second-order valence-corrected chi connectivity index (χ2v) is 7.46. The number of hydrogen-bond acceptors (Lipinski definition) is 5. The molecule has 2 aromatic rings. The molecule has 0 bridgehead atoms. The zero-order valence-corrected chi connectivity index (χ0v) is 15.0. The van der Waals surface area contributed by atoms with Crippen LogP contribution >= 0.6 is 0 Å². The highest BCUT2D eigenvalue weighted by Crippen LogP contribution is 2.35. The molecule has 0 amide bonds. The van der Waals surface area contributed by atoms with E-state index in [0.717, 1.165) is 45.6 Å². The summed E-state index contributed by atoms with van der Waals surface area (Å²) in [5.74, 6) is 0.189. The quantitative estimate of drug-likeness (QED) is 0.846. The number of ether oxygens (including phenoxy) is 1. The predicted octanol–water partition coefficient (Wildman–Crippen LogP) is 2.73. The molecule has 0 N–H and O–H groups in total. The number of aromatic nitrogens is 2. The minimum absolute atomic E-state index is 0.0148. The summed E-state index contributed by atoms with van der Waals surface area (Å²) < 4.78 is 20.2. The van der Waals surface area contributed by atoms with Crippen molar-refractivity contribution in [2.45, 2.75) is 19.4 Å². The normalized spacial score (nSPS) is 24.6. The molecule has 1 unspecified atom stereocenters. The van der Waals surface area contributed by atoms with Crippen LogP contribution in [0.5, 0.6) is 0 Å². The van der Waals surface area contributed by atoms with Crippen molar-refractivity contribution in [1.82, 2.24) is 14.9 Å². The van der Waals surface area contributed by atoms with Crippen LogP contribution in [0.4, 0.5) is 10.2 Å². The Morgan fingerprint density at radius 2 is 2.08 bits per heavy atom. The van der Waals surface area contributed by atoms with Crippen LogP contribution in [-0.4, -0.2) is 54.3 Å². The van der Waals surface area contributed by atoms with E-state index >= 15 is 0 Å². The summed E-state index contributed by atoms with van der Waals surface area (Å²) in [5, 5.41) is 0. The number of hydrogen-bond donors (Lipinski definition) is 0. The fraction of sp³-hybridized carbons (Fsp3) is 0.500. The van der Waals surface area contributed by atoms with Gasteiger partial charge < -0.3 is 9.64 Å². The number of nitrogens with zero attached hydrogens (tertiary/aromatic N) is 4. The smallest absolute Gasteiger partial charge is 0.165 e. The van der Waals surface area contributed by atoms with Gasteiger partial charge in [-0.3, -0.25) is 9.88 Å². The van der Waals surface area contributed by atoms with Gasteiger partial charge in [0.05, 0.1) is 13.2 Å². The van der Waals surface area contributed by atoms with Gasteiger partial charge in [0.15, 0.2) is 11.6 Å². The molecule has 0 saturated carbocycles.